The van der Waals surface area contributed by atoms with Gasteiger partial charge in [-0.25, -0.2) is 9.59 Å². The van der Waals surface area contributed by atoms with E-state index in [-0.39, 0.29) is 18.7 Å². The lowest BCUT2D eigenvalue weighted by molar-refractivity contribution is -0.148. The van der Waals surface area contributed by atoms with E-state index in [2.05, 4.69) is 5.32 Å². The molecule has 1 amide bonds. The van der Waals surface area contributed by atoms with E-state index in [4.69, 9.17) is 18.9 Å². The number of hydrogen-bond acceptors (Lipinski definition) is 6. The van der Waals surface area contributed by atoms with Gasteiger partial charge in [-0.05, 0) is 47.0 Å². The van der Waals surface area contributed by atoms with Crippen molar-refractivity contribution in [2.75, 3.05) is 39.6 Å². The first-order valence-electron chi connectivity index (χ1n) is 10.6. The van der Waals surface area contributed by atoms with Gasteiger partial charge in [-0.2, -0.15) is 0 Å². The Hall–Kier alpha value is -1.34. The van der Waals surface area contributed by atoms with Gasteiger partial charge in [0.1, 0.15) is 12.2 Å². The lowest BCUT2D eigenvalue weighted by Gasteiger charge is -2.19. The molecule has 0 radical (unpaired) electrons. The van der Waals surface area contributed by atoms with Gasteiger partial charge in [0.2, 0.25) is 0 Å². The molecular weight excluding hydrogens is 362 g/mol. The zero-order chi connectivity index (χ0) is 21.1. The smallest absolute Gasteiger partial charge is 0.407 e. The topological polar surface area (TPSA) is 83.1 Å². The molecule has 0 saturated heterocycles. The van der Waals surface area contributed by atoms with Gasteiger partial charge in [-0.3, -0.25) is 0 Å². The second-order valence-corrected chi connectivity index (χ2v) is 7.73. The fraction of sp³-hybridized carbons (Fsp3) is 0.905. The number of rotatable bonds is 17. The summed E-state index contributed by atoms with van der Waals surface area (Å²) in [6.45, 7) is 10.4. The molecule has 0 aromatic heterocycles. The third kappa shape index (κ3) is 21.0. The molecule has 0 spiro atoms. The second kappa shape index (κ2) is 17.7. The van der Waals surface area contributed by atoms with E-state index >= 15 is 0 Å². The number of nitrogens with one attached hydrogen (secondary N) is 1. The lowest BCUT2D eigenvalue weighted by atomic mass is 10.1. The van der Waals surface area contributed by atoms with E-state index in [1.165, 1.54) is 25.7 Å². The normalized spacial score (nSPS) is 11.3. The average molecular weight is 404 g/mol. The number of amides is 1. The van der Waals surface area contributed by atoms with Crippen molar-refractivity contribution in [1.82, 2.24) is 5.32 Å². The highest BCUT2D eigenvalue weighted by molar-refractivity contribution is 5.70. The molecular formula is C21H41NO6. The lowest BCUT2D eigenvalue weighted by Crippen LogP contribution is -2.33. The molecule has 7 nitrogen and oxygen atoms in total. The first-order chi connectivity index (χ1) is 13.3. The predicted molar refractivity (Wildman–Crippen MR) is 109 cm³/mol. The maximum absolute atomic E-state index is 11.4. The molecule has 0 unspecified atom stereocenters. The molecule has 0 aliphatic carbocycles. The van der Waals surface area contributed by atoms with Crippen LogP contribution in [0.15, 0.2) is 0 Å². The van der Waals surface area contributed by atoms with Crippen LogP contribution >= 0.6 is 0 Å². The van der Waals surface area contributed by atoms with Crippen molar-refractivity contribution in [3.05, 3.63) is 0 Å². The molecule has 0 bridgehead atoms. The molecule has 0 heterocycles. The molecule has 0 aliphatic heterocycles. The fourth-order valence-electron chi connectivity index (χ4n) is 2.43. The summed E-state index contributed by atoms with van der Waals surface area (Å²) in [5.74, 6) is -0.288. The largest absolute Gasteiger partial charge is 0.464 e. The van der Waals surface area contributed by atoms with Crippen LogP contribution in [-0.2, 0) is 23.7 Å². The van der Waals surface area contributed by atoms with Gasteiger partial charge in [0.05, 0.1) is 6.61 Å². The average Bonchev–Trinajstić information content (AvgIpc) is 2.60. The molecule has 0 aromatic carbocycles. The highest BCUT2D eigenvalue weighted by Gasteiger charge is 2.15. The summed E-state index contributed by atoms with van der Waals surface area (Å²) in [5.41, 5.74) is -0.460. The fourth-order valence-corrected chi connectivity index (χ4v) is 2.43. The van der Waals surface area contributed by atoms with Gasteiger partial charge >= 0.3 is 12.1 Å². The Morgan fingerprint density at radius 3 is 1.89 bits per heavy atom. The summed E-state index contributed by atoms with van der Waals surface area (Å²) in [7, 11) is 0. The minimum Gasteiger partial charge on any atom is -0.464 e. The number of ether oxygens (including phenoxy) is 4. The summed E-state index contributed by atoms with van der Waals surface area (Å²) in [5, 5.41) is 2.72. The summed E-state index contributed by atoms with van der Waals surface area (Å²) >= 11 is 0. The van der Waals surface area contributed by atoms with E-state index in [1.54, 1.807) is 6.92 Å². The Bertz CT molecular complexity index is 395. The van der Waals surface area contributed by atoms with Crippen molar-refractivity contribution in [3.8, 4) is 0 Å². The number of unbranched alkanes of at least 4 members (excludes halogenated alkanes) is 6. The highest BCUT2D eigenvalue weighted by atomic mass is 16.6. The van der Waals surface area contributed by atoms with Crippen LogP contribution in [-0.4, -0.2) is 57.2 Å². The molecule has 28 heavy (non-hydrogen) atoms. The molecule has 0 saturated carbocycles. The van der Waals surface area contributed by atoms with Crippen LogP contribution in [0.4, 0.5) is 4.79 Å². The number of esters is 1. The minimum absolute atomic E-state index is 0.0604. The van der Waals surface area contributed by atoms with E-state index in [1.807, 2.05) is 20.8 Å². The van der Waals surface area contributed by atoms with Crippen molar-refractivity contribution >= 4 is 12.1 Å². The van der Waals surface area contributed by atoms with Gasteiger partial charge < -0.3 is 24.3 Å². The van der Waals surface area contributed by atoms with E-state index in [0.29, 0.717) is 26.4 Å². The number of hydrogen-bond donors (Lipinski definition) is 1. The van der Waals surface area contributed by atoms with Gasteiger partial charge in [0.15, 0.2) is 0 Å². The Kier molecular flexibility index (Phi) is 16.9. The summed E-state index contributed by atoms with van der Waals surface area (Å²) in [6.07, 6.45) is 8.40. The molecule has 7 heteroatoms. The van der Waals surface area contributed by atoms with Crippen molar-refractivity contribution in [2.24, 2.45) is 0 Å². The van der Waals surface area contributed by atoms with Gasteiger partial charge in [0.25, 0.3) is 0 Å². The zero-order valence-corrected chi connectivity index (χ0v) is 18.3. The van der Waals surface area contributed by atoms with Gasteiger partial charge in [-0.1, -0.05) is 32.1 Å². The second-order valence-electron chi connectivity index (χ2n) is 7.73. The highest BCUT2D eigenvalue weighted by Crippen LogP contribution is 2.08. The first-order valence-corrected chi connectivity index (χ1v) is 10.6. The van der Waals surface area contributed by atoms with Crippen molar-refractivity contribution in [1.29, 1.82) is 0 Å². The van der Waals surface area contributed by atoms with E-state index < -0.39 is 5.60 Å². The maximum atomic E-state index is 11.4. The van der Waals surface area contributed by atoms with E-state index in [9.17, 15) is 9.59 Å². The zero-order valence-electron chi connectivity index (χ0n) is 18.3. The molecule has 0 rings (SSSR count). The van der Waals surface area contributed by atoms with Crippen LogP contribution in [0.3, 0.4) is 0 Å². The molecule has 0 aromatic rings. The van der Waals surface area contributed by atoms with Crippen LogP contribution in [0.5, 0.6) is 0 Å². The van der Waals surface area contributed by atoms with Crippen molar-refractivity contribution < 1.29 is 28.5 Å². The Labute approximate surface area is 170 Å². The van der Waals surface area contributed by atoms with Crippen LogP contribution < -0.4 is 5.32 Å². The minimum atomic E-state index is -0.460. The standard InChI is InChI=1S/C21H41NO6/c1-5-27-19(23)18-26-16-12-10-8-6-7-9-11-15-25-17-13-14-22-20(24)28-21(2,3)4/h5-18H2,1-4H3,(H,22,24). The molecule has 1 N–H and O–H groups in total. The van der Waals surface area contributed by atoms with Crippen LogP contribution in [0, 0.1) is 0 Å². The molecule has 0 fully saturated rings. The van der Waals surface area contributed by atoms with Gasteiger partial charge in [0, 0.05) is 26.4 Å². The SMILES string of the molecule is CCOC(=O)COCCCCCCCCCOCCCNC(=O)OC(C)(C)C. The molecule has 0 aliphatic rings. The van der Waals surface area contributed by atoms with Crippen LogP contribution in [0.1, 0.15) is 79.1 Å². The monoisotopic (exact) mass is 403 g/mol. The van der Waals surface area contributed by atoms with Crippen LogP contribution in [0.25, 0.3) is 0 Å². The third-order valence-corrected chi connectivity index (χ3v) is 3.74. The number of carbonyl (C=O) groups excluding carboxylic acids is 2. The maximum Gasteiger partial charge on any atom is 0.407 e. The third-order valence-electron chi connectivity index (χ3n) is 3.74. The Balaban J connectivity index is 3.18. The first kappa shape index (κ1) is 26.7. The predicted octanol–water partition coefficient (Wildman–Crippen LogP) is 4.23. The summed E-state index contributed by atoms with van der Waals surface area (Å²) in [4.78, 5) is 22.5. The van der Waals surface area contributed by atoms with Crippen molar-refractivity contribution in [2.45, 2.75) is 84.7 Å². The number of alkyl carbamates (subject to hydrolysis) is 1. The molecule has 166 valence electrons. The quantitative estimate of drug-likeness (QED) is 0.289. The summed E-state index contributed by atoms with van der Waals surface area (Å²) < 4.78 is 20.8. The Morgan fingerprint density at radius 1 is 0.786 bits per heavy atom. The van der Waals surface area contributed by atoms with Crippen molar-refractivity contribution in [3.63, 3.8) is 0 Å². The molecule has 0 atom stereocenters. The Morgan fingerprint density at radius 2 is 1.32 bits per heavy atom. The van der Waals surface area contributed by atoms with Gasteiger partial charge in [-0.15, -0.1) is 0 Å². The number of carbonyl (C=O) groups is 2. The summed E-state index contributed by atoms with van der Waals surface area (Å²) in [6, 6.07) is 0. The van der Waals surface area contributed by atoms with Crippen LogP contribution in [0.2, 0.25) is 0 Å². The van der Waals surface area contributed by atoms with E-state index in [0.717, 1.165) is 32.3 Å².